The molecule has 0 saturated carbocycles. The minimum Gasteiger partial charge on any atom is -0.281 e. The lowest BCUT2D eigenvalue weighted by molar-refractivity contribution is 0.596. The van der Waals surface area contributed by atoms with Gasteiger partial charge in [0.25, 0.3) is 0 Å². The molecule has 104 valence electrons. The SMILES string of the molecule is CS(=O)(=O)Nc1c(CS(N)(=O)=O)ccc2scnc12. The number of primary sulfonamides is 1. The monoisotopic (exact) mass is 321 g/mol. The van der Waals surface area contributed by atoms with Crippen LogP contribution in [-0.2, 0) is 25.8 Å². The molecule has 0 atom stereocenters. The van der Waals surface area contributed by atoms with E-state index in [0.29, 0.717) is 5.52 Å². The Hall–Kier alpha value is -1.23. The summed E-state index contributed by atoms with van der Waals surface area (Å²) < 4.78 is 48.1. The van der Waals surface area contributed by atoms with Gasteiger partial charge in [-0.1, -0.05) is 6.07 Å². The summed E-state index contributed by atoms with van der Waals surface area (Å²) in [6, 6.07) is 3.21. The predicted octanol–water partition coefficient (Wildman–Crippen LogP) is 0.456. The van der Waals surface area contributed by atoms with Gasteiger partial charge in [-0.05, 0) is 11.6 Å². The summed E-state index contributed by atoms with van der Waals surface area (Å²) >= 11 is 1.33. The number of fused-ring (bicyclic) bond motifs is 1. The number of nitrogens with two attached hydrogens (primary N) is 1. The first-order valence-corrected chi connectivity index (χ1v) is 9.48. The third-order valence-corrected chi connectivity index (χ3v) is 4.32. The third-order valence-electron chi connectivity index (χ3n) is 2.23. The maximum atomic E-state index is 11.4. The molecule has 0 aliphatic heterocycles. The van der Waals surface area contributed by atoms with E-state index >= 15 is 0 Å². The van der Waals surface area contributed by atoms with Gasteiger partial charge in [0.2, 0.25) is 20.0 Å². The van der Waals surface area contributed by atoms with Gasteiger partial charge in [0, 0.05) is 0 Å². The Kier molecular flexibility index (Phi) is 3.51. The van der Waals surface area contributed by atoms with Crippen LogP contribution >= 0.6 is 11.3 Å². The first-order valence-electron chi connectivity index (χ1n) is 4.99. The van der Waals surface area contributed by atoms with E-state index in [-0.39, 0.29) is 11.3 Å². The van der Waals surface area contributed by atoms with E-state index < -0.39 is 25.8 Å². The number of sulfonamides is 2. The summed E-state index contributed by atoms with van der Waals surface area (Å²) in [5.41, 5.74) is 2.40. The Morgan fingerprint density at radius 2 is 2.00 bits per heavy atom. The number of nitrogens with zero attached hydrogens (tertiary/aromatic N) is 1. The van der Waals surface area contributed by atoms with E-state index in [1.807, 2.05) is 0 Å². The van der Waals surface area contributed by atoms with Gasteiger partial charge in [-0.15, -0.1) is 11.3 Å². The smallest absolute Gasteiger partial charge is 0.229 e. The Balaban J connectivity index is 2.65. The van der Waals surface area contributed by atoms with E-state index in [2.05, 4.69) is 9.71 Å². The van der Waals surface area contributed by atoms with Crippen LogP contribution in [0.4, 0.5) is 5.69 Å². The molecule has 0 aliphatic rings. The molecule has 0 unspecified atom stereocenters. The van der Waals surface area contributed by atoms with Gasteiger partial charge in [-0.3, -0.25) is 4.72 Å². The highest BCUT2D eigenvalue weighted by atomic mass is 32.2. The molecule has 3 N–H and O–H groups in total. The number of benzene rings is 1. The first kappa shape index (κ1) is 14.2. The summed E-state index contributed by atoms with van der Waals surface area (Å²) in [6.07, 6.45) is 0.985. The summed E-state index contributed by atoms with van der Waals surface area (Å²) in [7, 11) is -7.31. The largest absolute Gasteiger partial charge is 0.281 e. The van der Waals surface area contributed by atoms with Crippen molar-refractivity contribution in [2.45, 2.75) is 5.75 Å². The van der Waals surface area contributed by atoms with E-state index in [1.165, 1.54) is 17.4 Å². The molecule has 10 heteroatoms. The highest BCUT2D eigenvalue weighted by molar-refractivity contribution is 7.92. The lowest BCUT2D eigenvalue weighted by Gasteiger charge is -2.10. The van der Waals surface area contributed by atoms with Gasteiger partial charge < -0.3 is 0 Å². The molecule has 19 heavy (non-hydrogen) atoms. The van der Waals surface area contributed by atoms with Gasteiger partial charge in [0.05, 0.1) is 27.9 Å². The number of hydrogen-bond donors (Lipinski definition) is 2. The molecule has 0 spiro atoms. The molecule has 1 aromatic heterocycles. The fraction of sp³-hybridized carbons (Fsp3) is 0.222. The standard InChI is InChI=1S/C9H11N3O4S3/c1-18(13,14)12-8-6(4-19(10,15)16)2-3-7-9(8)11-5-17-7/h2-3,5,12H,4H2,1H3,(H2,10,15,16). The number of hydrogen-bond acceptors (Lipinski definition) is 6. The predicted molar refractivity (Wildman–Crippen MR) is 74.9 cm³/mol. The molecule has 7 nitrogen and oxygen atoms in total. The molecular formula is C9H11N3O4S3. The maximum absolute atomic E-state index is 11.4. The van der Waals surface area contributed by atoms with Crippen molar-refractivity contribution in [3.05, 3.63) is 23.2 Å². The maximum Gasteiger partial charge on any atom is 0.229 e. The van der Waals surface area contributed by atoms with Crippen LogP contribution in [0, 0.1) is 0 Å². The number of aromatic nitrogens is 1. The second-order valence-corrected chi connectivity index (χ2v) is 8.23. The van der Waals surface area contributed by atoms with E-state index in [4.69, 9.17) is 5.14 Å². The van der Waals surface area contributed by atoms with Crippen molar-refractivity contribution in [1.82, 2.24) is 4.98 Å². The minimum atomic E-state index is -3.77. The van der Waals surface area contributed by atoms with Crippen LogP contribution in [0.2, 0.25) is 0 Å². The van der Waals surface area contributed by atoms with Crippen LogP contribution in [0.25, 0.3) is 10.2 Å². The van der Waals surface area contributed by atoms with Gasteiger partial charge >= 0.3 is 0 Å². The summed E-state index contributed by atoms with van der Waals surface area (Å²) in [5.74, 6) is -0.460. The highest BCUT2D eigenvalue weighted by Crippen LogP contribution is 2.30. The van der Waals surface area contributed by atoms with Gasteiger partial charge in [0.15, 0.2) is 0 Å². The molecular weight excluding hydrogens is 310 g/mol. The Bertz CT molecular complexity index is 824. The van der Waals surface area contributed by atoms with Crippen molar-refractivity contribution in [3.63, 3.8) is 0 Å². The van der Waals surface area contributed by atoms with Crippen molar-refractivity contribution < 1.29 is 16.8 Å². The highest BCUT2D eigenvalue weighted by Gasteiger charge is 2.17. The summed E-state index contributed by atoms with van der Waals surface area (Å²) in [4.78, 5) is 4.05. The fourth-order valence-electron chi connectivity index (χ4n) is 1.61. The first-order chi connectivity index (χ1) is 8.66. The molecule has 0 aliphatic carbocycles. The zero-order valence-corrected chi connectivity index (χ0v) is 12.3. The fourth-order valence-corrected chi connectivity index (χ4v) is 3.57. The molecule has 2 aromatic rings. The van der Waals surface area contributed by atoms with Crippen molar-refractivity contribution in [2.24, 2.45) is 5.14 Å². The van der Waals surface area contributed by atoms with E-state index in [9.17, 15) is 16.8 Å². The van der Waals surface area contributed by atoms with Crippen molar-refractivity contribution in [2.75, 3.05) is 11.0 Å². The summed E-state index contributed by atoms with van der Waals surface area (Å²) in [5, 5.41) is 5.00. The van der Waals surface area contributed by atoms with Gasteiger partial charge in [0.1, 0.15) is 5.52 Å². The average Bonchev–Trinajstić information content (AvgIpc) is 2.65. The van der Waals surface area contributed by atoms with Gasteiger partial charge in [-0.25, -0.2) is 27.0 Å². The van der Waals surface area contributed by atoms with Crippen LogP contribution in [0.5, 0.6) is 0 Å². The third kappa shape index (κ3) is 3.62. The van der Waals surface area contributed by atoms with Crippen molar-refractivity contribution in [1.29, 1.82) is 0 Å². The van der Waals surface area contributed by atoms with E-state index in [1.54, 1.807) is 11.6 Å². The van der Waals surface area contributed by atoms with Crippen LogP contribution in [0.3, 0.4) is 0 Å². The minimum absolute atomic E-state index is 0.162. The normalized spacial score (nSPS) is 12.7. The van der Waals surface area contributed by atoms with Gasteiger partial charge in [-0.2, -0.15) is 0 Å². The Labute approximate surface area is 114 Å². The molecule has 0 bridgehead atoms. The van der Waals surface area contributed by atoms with Crippen LogP contribution in [-0.4, -0.2) is 28.1 Å². The second kappa shape index (κ2) is 4.71. The molecule has 1 aromatic carbocycles. The van der Waals surface area contributed by atoms with Crippen LogP contribution < -0.4 is 9.86 Å². The second-order valence-electron chi connectivity index (χ2n) is 3.98. The zero-order chi connectivity index (χ0) is 14.3. The molecule has 2 rings (SSSR count). The average molecular weight is 321 g/mol. The number of nitrogens with one attached hydrogen (secondary N) is 1. The summed E-state index contributed by atoms with van der Waals surface area (Å²) in [6.45, 7) is 0. The van der Waals surface area contributed by atoms with Crippen molar-refractivity contribution in [3.8, 4) is 0 Å². The Morgan fingerprint density at radius 1 is 1.32 bits per heavy atom. The molecule has 0 saturated heterocycles. The zero-order valence-electron chi connectivity index (χ0n) is 9.82. The van der Waals surface area contributed by atoms with Crippen LogP contribution in [0.15, 0.2) is 17.6 Å². The topological polar surface area (TPSA) is 119 Å². The molecule has 0 radical (unpaired) electrons. The van der Waals surface area contributed by atoms with Crippen molar-refractivity contribution >= 4 is 47.3 Å². The number of thiazole rings is 1. The quantitative estimate of drug-likeness (QED) is 0.847. The number of rotatable bonds is 4. The molecule has 1 heterocycles. The lowest BCUT2D eigenvalue weighted by atomic mass is 10.2. The van der Waals surface area contributed by atoms with E-state index in [0.717, 1.165) is 11.0 Å². The lowest BCUT2D eigenvalue weighted by Crippen LogP contribution is -2.17. The molecule has 0 amide bonds. The number of anilines is 1. The molecule has 0 fully saturated rings. The van der Waals surface area contributed by atoms with Crippen LogP contribution in [0.1, 0.15) is 5.56 Å². The Morgan fingerprint density at radius 3 is 2.58 bits per heavy atom.